The van der Waals surface area contributed by atoms with Gasteiger partial charge in [0.1, 0.15) is 5.75 Å². The first-order valence-electron chi connectivity index (χ1n) is 8.48. The second kappa shape index (κ2) is 8.78. The largest absolute Gasteiger partial charge is 0.439 e. The molecule has 3 rings (SSSR count). The molecule has 0 aliphatic carbocycles. The molecule has 0 saturated heterocycles. The summed E-state index contributed by atoms with van der Waals surface area (Å²) in [6, 6.07) is 20.9. The Kier molecular flexibility index (Phi) is 5.96. The van der Waals surface area contributed by atoms with E-state index in [1.807, 2.05) is 18.2 Å². The molecule has 0 spiro atoms. The van der Waals surface area contributed by atoms with Gasteiger partial charge in [-0.05, 0) is 48.4 Å². The molecular formula is C21H21N3O2. The van der Waals surface area contributed by atoms with E-state index in [4.69, 9.17) is 10.5 Å². The molecule has 1 aromatic heterocycles. The molecule has 0 bridgehead atoms. The van der Waals surface area contributed by atoms with Gasteiger partial charge in [-0.15, -0.1) is 0 Å². The number of ether oxygens (including phenoxy) is 1. The van der Waals surface area contributed by atoms with Gasteiger partial charge in [0.15, 0.2) is 0 Å². The van der Waals surface area contributed by atoms with Crippen molar-refractivity contribution in [1.82, 2.24) is 10.3 Å². The highest BCUT2D eigenvalue weighted by Gasteiger charge is 2.03. The lowest BCUT2D eigenvalue weighted by Crippen LogP contribution is -2.16. The number of pyridine rings is 1. The number of nitrogens with one attached hydrogen (secondary N) is 1. The summed E-state index contributed by atoms with van der Waals surface area (Å²) in [6.07, 6.45) is 2.79. The van der Waals surface area contributed by atoms with Crippen molar-refractivity contribution in [2.45, 2.75) is 13.0 Å². The Balaban J connectivity index is 1.46. The lowest BCUT2D eigenvalue weighted by molar-refractivity contribution is 0.100. The van der Waals surface area contributed by atoms with Crippen molar-refractivity contribution in [3.8, 4) is 11.6 Å². The maximum Gasteiger partial charge on any atom is 0.248 e. The maximum absolute atomic E-state index is 11.1. The van der Waals surface area contributed by atoms with Crippen LogP contribution in [0.3, 0.4) is 0 Å². The van der Waals surface area contributed by atoms with Crippen LogP contribution in [0.4, 0.5) is 0 Å². The van der Waals surface area contributed by atoms with Crippen LogP contribution in [0.5, 0.6) is 11.6 Å². The fourth-order valence-electron chi connectivity index (χ4n) is 2.49. The molecule has 0 aliphatic heterocycles. The van der Waals surface area contributed by atoms with Crippen molar-refractivity contribution in [3.63, 3.8) is 0 Å². The van der Waals surface area contributed by atoms with Crippen LogP contribution >= 0.6 is 0 Å². The average molecular weight is 347 g/mol. The van der Waals surface area contributed by atoms with Gasteiger partial charge >= 0.3 is 0 Å². The first-order chi connectivity index (χ1) is 12.7. The van der Waals surface area contributed by atoms with Gasteiger partial charge in [-0.2, -0.15) is 0 Å². The summed E-state index contributed by atoms with van der Waals surface area (Å²) in [5.74, 6) is 0.653. The average Bonchev–Trinajstić information content (AvgIpc) is 2.68. The third-order valence-corrected chi connectivity index (χ3v) is 3.92. The minimum absolute atomic E-state index is 0.447. The summed E-state index contributed by atoms with van der Waals surface area (Å²) in [5, 5.41) is 3.41. The zero-order valence-corrected chi connectivity index (χ0v) is 14.4. The van der Waals surface area contributed by atoms with Crippen LogP contribution in [0.1, 0.15) is 21.5 Å². The highest BCUT2D eigenvalue weighted by molar-refractivity contribution is 5.92. The van der Waals surface area contributed by atoms with Crippen LogP contribution in [0.2, 0.25) is 0 Å². The van der Waals surface area contributed by atoms with E-state index in [0.29, 0.717) is 17.2 Å². The van der Waals surface area contributed by atoms with Crippen molar-refractivity contribution >= 4 is 5.91 Å². The summed E-state index contributed by atoms with van der Waals surface area (Å²) >= 11 is 0. The Morgan fingerprint density at radius 2 is 1.73 bits per heavy atom. The zero-order chi connectivity index (χ0) is 18.2. The molecule has 132 valence electrons. The van der Waals surface area contributed by atoms with Crippen LogP contribution in [-0.4, -0.2) is 17.4 Å². The Hall–Kier alpha value is -3.18. The van der Waals surface area contributed by atoms with Gasteiger partial charge < -0.3 is 15.8 Å². The maximum atomic E-state index is 11.1. The summed E-state index contributed by atoms with van der Waals surface area (Å²) in [6.45, 7) is 1.67. The summed E-state index contributed by atoms with van der Waals surface area (Å²) < 4.78 is 5.67. The topological polar surface area (TPSA) is 77.2 Å². The first kappa shape index (κ1) is 17.6. The number of aromatic nitrogens is 1. The van der Waals surface area contributed by atoms with Crippen LogP contribution in [0.15, 0.2) is 72.9 Å². The molecule has 5 heteroatoms. The molecule has 0 atom stereocenters. The van der Waals surface area contributed by atoms with Gasteiger partial charge in [0.25, 0.3) is 0 Å². The van der Waals surface area contributed by atoms with Crippen molar-refractivity contribution in [1.29, 1.82) is 0 Å². The SMILES string of the molecule is NC(=O)c1ccc(Oc2ccc(CNCCc3ccccc3)cn2)cc1. The monoisotopic (exact) mass is 347 g/mol. The zero-order valence-electron chi connectivity index (χ0n) is 14.4. The predicted octanol–water partition coefficient (Wildman–Crippen LogP) is 3.31. The fraction of sp³-hybridized carbons (Fsp3) is 0.143. The second-order valence-corrected chi connectivity index (χ2v) is 5.91. The summed E-state index contributed by atoms with van der Waals surface area (Å²) in [4.78, 5) is 15.4. The molecule has 1 heterocycles. The number of nitrogens with two attached hydrogens (primary N) is 1. The quantitative estimate of drug-likeness (QED) is 0.613. The van der Waals surface area contributed by atoms with Gasteiger partial charge in [0, 0.05) is 24.4 Å². The van der Waals surface area contributed by atoms with Crippen LogP contribution < -0.4 is 15.8 Å². The van der Waals surface area contributed by atoms with E-state index in [1.165, 1.54) is 5.56 Å². The second-order valence-electron chi connectivity index (χ2n) is 5.91. The molecule has 3 N–H and O–H groups in total. The number of rotatable bonds is 8. The van der Waals surface area contributed by atoms with Crippen molar-refractivity contribution in [2.75, 3.05) is 6.54 Å². The lowest BCUT2D eigenvalue weighted by Gasteiger charge is -2.07. The summed E-state index contributed by atoms with van der Waals surface area (Å²) in [7, 11) is 0. The molecular weight excluding hydrogens is 326 g/mol. The number of amides is 1. The highest BCUT2D eigenvalue weighted by Crippen LogP contribution is 2.19. The smallest absolute Gasteiger partial charge is 0.248 e. The van der Waals surface area contributed by atoms with E-state index >= 15 is 0 Å². The van der Waals surface area contributed by atoms with E-state index in [2.05, 4.69) is 34.6 Å². The molecule has 1 amide bonds. The molecule has 5 nitrogen and oxygen atoms in total. The Bertz CT molecular complexity index is 831. The predicted molar refractivity (Wildman–Crippen MR) is 101 cm³/mol. The van der Waals surface area contributed by atoms with Crippen LogP contribution in [-0.2, 0) is 13.0 Å². The van der Waals surface area contributed by atoms with Gasteiger partial charge in [0.2, 0.25) is 11.8 Å². The Morgan fingerprint density at radius 3 is 2.38 bits per heavy atom. The minimum atomic E-state index is -0.459. The van der Waals surface area contributed by atoms with Crippen molar-refractivity contribution < 1.29 is 9.53 Å². The number of hydrogen-bond donors (Lipinski definition) is 2. The minimum Gasteiger partial charge on any atom is -0.439 e. The third kappa shape index (κ3) is 5.16. The third-order valence-electron chi connectivity index (χ3n) is 3.92. The van der Waals surface area contributed by atoms with Gasteiger partial charge in [-0.3, -0.25) is 4.79 Å². The van der Waals surface area contributed by atoms with E-state index in [1.54, 1.807) is 30.5 Å². The molecule has 0 aliphatic rings. The molecule has 3 aromatic rings. The van der Waals surface area contributed by atoms with Crippen LogP contribution in [0, 0.1) is 0 Å². The van der Waals surface area contributed by atoms with Gasteiger partial charge in [0.05, 0.1) is 0 Å². The van der Waals surface area contributed by atoms with Crippen molar-refractivity contribution in [2.24, 2.45) is 5.73 Å². The molecule has 0 fully saturated rings. The Labute approximate surface area is 152 Å². The number of nitrogens with zero attached hydrogens (tertiary/aromatic N) is 1. The number of benzene rings is 2. The molecule has 0 unspecified atom stereocenters. The van der Waals surface area contributed by atoms with Gasteiger partial charge in [-0.1, -0.05) is 36.4 Å². The normalized spacial score (nSPS) is 10.5. The lowest BCUT2D eigenvalue weighted by atomic mass is 10.1. The molecule has 0 radical (unpaired) electrons. The number of carbonyl (C=O) groups is 1. The van der Waals surface area contributed by atoms with Gasteiger partial charge in [-0.25, -0.2) is 4.98 Å². The molecule has 0 saturated carbocycles. The number of carbonyl (C=O) groups excluding carboxylic acids is 1. The fourth-order valence-corrected chi connectivity index (χ4v) is 2.49. The van der Waals surface area contributed by atoms with Crippen LogP contribution in [0.25, 0.3) is 0 Å². The van der Waals surface area contributed by atoms with E-state index in [-0.39, 0.29) is 0 Å². The van der Waals surface area contributed by atoms with E-state index < -0.39 is 5.91 Å². The van der Waals surface area contributed by atoms with E-state index in [9.17, 15) is 4.79 Å². The number of hydrogen-bond acceptors (Lipinski definition) is 4. The highest BCUT2D eigenvalue weighted by atomic mass is 16.5. The standard InChI is InChI=1S/C21H21N3O2/c22-21(25)18-7-9-19(10-8-18)26-20-11-6-17(15-24-20)14-23-13-12-16-4-2-1-3-5-16/h1-11,15,23H,12-14H2,(H2,22,25). The molecule has 26 heavy (non-hydrogen) atoms. The number of primary amides is 1. The van der Waals surface area contributed by atoms with E-state index in [0.717, 1.165) is 25.1 Å². The summed E-state index contributed by atoms with van der Waals surface area (Å²) in [5.41, 5.74) is 8.08. The first-order valence-corrected chi connectivity index (χ1v) is 8.48. The molecule has 2 aromatic carbocycles. The van der Waals surface area contributed by atoms with Crippen molar-refractivity contribution in [3.05, 3.63) is 89.6 Å². The Morgan fingerprint density at radius 1 is 0.962 bits per heavy atom.